The molecule has 0 radical (unpaired) electrons. The highest BCUT2D eigenvalue weighted by Gasteiger charge is 2.18. The van der Waals surface area contributed by atoms with Crippen LogP contribution < -0.4 is 10.6 Å². The second-order valence-electron chi connectivity index (χ2n) is 7.92. The van der Waals surface area contributed by atoms with Gasteiger partial charge in [0.1, 0.15) is 0 Å². The van der Waals surface area contributed by atoms with Crippen molar-refractivity contribution in [2.24, 2.45) is 5.73 Å². The van der Waals surface area contributed by atoms with Gasteiger partial charge in [-0.1, -0.05) is 24.3 Å². The molecule has 156 valence electrons. The van der Waals surface area contributed by atoms with Crippen LogP contribution in [-0.4, -0.2) is 46.5 Å². The number of primary amides is 1. The normalized spacial score (nSPS) is 14.8. The lowest BCUT2D eigenvalue weighted by molar-refractivity contribution is 0.100. The van der Waals surface area contributed by atoms with Crippen LogP contribution in [0.15, 0.2) is 79.3 Å². The van der Waals surface area contributed by atoms with E-state index in [1.165, 1.54) is 11.2 Å². The number of fused-ring (bicyclic) bond motifs is 1. The average molecular weight is 412 g/mol. The Labute approximate surface area is 181 Å². The Morgan fingerprint density at radius 2 is 1.71 bits per heavy atom. The number of pyridine rings is 1. The second-order valence-corrected chi connectivity index (χ2v) is 7.92. The summed E-state index contributed by atoms with van der Waals surface area (Å²) in [6, 6.07) is 20.1. The van der Waals surface area contributed by atoms with Crippen molar-refractivity contribution >= 4 is 22.5 Å². The molecule has 0 unspecified atom stereocenters. The Hall–Kier alpha value is -3.64. The minimum Gasteiger partial charge on any atom is -0.369 e. The molecule has 1 saturated heterocycles. The molecule has 4 aromatic rings. The summed E-state index contributed by atoms with van der Waals surface area (Å²) in [5.74, 6) is -0.404. The van der Waals surface area contributed by atoms with E-state index in [1.54, 1.807) is 6.07 Å². The first kappa shape index (κ1) is 19.3. The standard InChI is InChI=1S/C25H25N5O/c26-25(31)23-4-2-1-3-22(23)19-5-6-24-20(17-19)9-12-30(24)18-28-13-15-29(16-14-28)21-7-10-27-11-8-21/h1-12,17H,13-16,18H2,(H2,26,31). The highest BCUT2D eigenvalue weighted by molar-refractivity contribution is 6.00. The van der Waals surface area contributed by atoms with Crippen LogP contribution in [0.3, 0.4) is 0 Å². The lowest BCUT2D eigenvalue weighted by atomic mass is 9.98. The van der Waals surface area contributed by atoms with Crippen molar-refractivity contribution in [3.05, 3.63) is 84.8 Å². The van der Waals surface area contributed by atoms with Crippen molar-refractivity contribution in [1.29, 1.82) is 0 Å². The fraction of sp³-hybridized carbons (Fsp3) is 0.200. The number of benzene rings is 2. The first-order valence-corrected chi connectivity index (χ1v) is 10.5. The van der Waals surface area contributed by atoms with Crippen LogP contribution in [-0.2, 0) is 6.67 Å². The molecule has 1 amide bonds. The third-order valence-electron chi connectivity index (χ3n) is 6.03. The Kier molecular flexibility index (Phi) is 5.14. The third-order valence-corrected chi connectivity index (χ3v) is 6.03. The van der Waals surface area contributed by atoms with Crippen molar-refractivity contribution in [3.63, 3.8) is 0 Å². The zero-order valence-electron chi connectivity index (χ0n) is 17.3. The number of aromatic nitrogens is 2. The van der Waals surface area contributed by atoms with Crippen LogP contribution in [0.4, 0.5) is 5.69 Å². The molecule has 0 bridgehead atoms. The first-order valence-electron chi connectivity index (χ1n) is 10.5. The minimum absolute atomic E-state index is 0.404. The number of rotatable bonds is 5. The summed E-state index contributed by atoms with van der Waals surface area (Å²) in [7, 11) is 0. The Bertz CT molecular complexity index is 1210. The van der Waals surface area contributed by atoms with Crippen LogP contribution in [0.5, 0.6) is 0 Å². The van der Waals surface area contributed by atoms with Gasteiger partial charge >= 0.3 is 0 Å². The Morgan fingerprint density at radius 1 is 0.935 bits per heavy atom. The number of anilines is 1. The van der Waals surface area contributed by atoms with E-state index < -0.39 is 5.91 Å². The number of piperazine rings is 1. The number of hydrogen-bond acceptors (Lipinski definition) is 4. The van der Waals surface area contributed by atoms with Crippen LogP contribution in [0, 0.1) is 0 Å². The number of hydrogen-bond donors (Lipinski definition) is 1. The van der Waals surface area contributed by atoms with Gasteiger partial charge in [0, 0.05) is 66.9 Å². The molecule has 6 nitrogen and oxygen atoms in total. The van der Waals surface area contributed by atoms with Gasteiger partial charge in [0.15, 0.2) is 0 Å². The van der Waals surface area contributed by atoms with Gasteiger partial charge in [0.25, 0.3) is 0 Å². The summed E-state index contributed by atoms with van der Waals surface area (Å²) in [6.07, 6.45) is 5.84. The molecule has 2 aromatic heterocycles. The summed E-state index contributed by atoms with van der Waals surface area (Å²) in [6.45, 7) is 4.93. The van der Waals surface area contributed by atoms with E-state index in [2.05, 4.69) is 61.9 Å². The Balaban J connectivity index is 1.32. The molecule has 1 aliphatic rings. The molecule has 0 saturated carbocycles. The van der Waals surface area contributed by atoms with E-state index in [-0.39, 0.29) is 0 Å². The monoisotopic (exact) mass is 411 g/mol. The molecule has 6 heteroatoms. The summed E-state index contributed by atoms with van der Waals surface area (Å²) in [5.41, 5.74) is 10.4. The summed E-state index contributed by atoms with van der Waals surface area (Å²) in [5, 5.41) is 1.16. The smallest absolute Gasteiger partial charge is 0.249 e. The molecule has 1 fully saturated rings. The van der Waals surface area contributed by atoms with E-state index in [1.807, 2.05) is 30.6 Å². The molecule has 31 heavy (non-hydrogen) atoms. The number of carbonyl (C=O) groups is 1. The van der Waals surface area contributed by atoms with E-state index >= 15 is 0 Å². The SMILES string of the molecule is NC(=O)c1ccccc1-c1ccc2c(ccn2CN2CCN(c3ccncc3)CC2)c1. The maximum atomic E-state index is 11.8. The van der Waals surface area contributed by atoms with Gasteiger partial charge in [-0.15, -0.1) is 0 Å². The van der Waals surface area contributed by atoms with Gasteiger partial charge in [-0.3, -0.25) is 14.7 Å². The van der Waals surface area contributed by atoms with Gasteiger partial charge in [0.05, 0.1) is 6.67 Å². The zero-order valence-corrected chi connectivity index (χ0v) is 17.3. The molecule has 0 spiro atoms. The van der Waals surface area contributed by atoms with Gasteiger partial charge in [-0.2, -0.15) is 0 Å². The predicted octanol–water partition coefficient (Wildman–Crippen LogP) is 3.58. The van der Waals surface area contributed by atoms with E-state index in [0.29, 0.717) is 5.56 Å². The van der Waals surface area contributed by atoms with E-state index in [0.717, 1.165) is 49.4 Å². The van der Waals surface area contributed by atoms with Gasteiger partial charge in [-0.05, 0) is 47.5 Å². The molecule has 3 heterocycles. The quantitative estimate of drug-likeness (QED) is 0.545. The molecule has 5 rings (SSSR count). The second kappa shape index (κ2) is 8.24. The number of carbonyl (C=O) groups excluding carboxylic acids is 1. The fourth-order valence-corrected chi connectivity index (χ4v) is 4.36. The lowest BCUT2D eigenvalue weighted by Crippen LogP contribution is -2.46. The van der Waals surface area contributed by atoms with Gasteiger partial charge < -0.3 is 15.2 Å². The summed E-state index contributed by atoms with van der Waals surface area (Å²) >= 11 is 0. The van der Waals surface area contributed by atoms with Crippen molar-refractivity contribution < 1.29 is 4.79 Å². The maximum Gasteiger partial charge on any atom is 0.249 e. The molecule has 2 N–H and O–H groups in total. The van der Waals surface area contributed by atoms with Crippen LogP contribution in [0.2, 0.25) is 0 Å². The van der Waals surface area contributed by atoms with E-state index in [9.17, 15) is 4.79 Å². The molecule has 2 aromatic carbocycles. The third kappa shape index (κ3) is 3.90. The molecule has 0 aliphatic carbocycles. The number of nitrogens with zero attached hydrogens (tertiary/aromatic N) is 4. The summed E-state index contributed by atoms with van der Waals surface area (Å²) in [4.78, 5) is 20.8. The van der Waals surface area contributed by atoms with Crippen molar-refractivity contribution in [1.82, 2.24) is 14.5 Å². The largest absolute Gasteiger partial charge is 0.369 e. The lowest BCUT2D eigenvalue weighted by Gasteiger charge is -2.36. The zero-order chi connectivity index (χ0) is 21.2. The van der Waals surface area contributed by atoms with Crippen LogP contribution in [0.1, 0.15) is 10.4 Å². The van der Waals surface area contributed by atoms with Crippen molar-refractivity contribution in [2.75, 3.05) is 31.1 Å². The fourth-order valence-electron chi connectivity index (χ4n) is 4.36. The van der Waals surface area contributed by atoms with Crippen LogP contribution >= 0.6 is 0 Å². The number of amides is 1. The predicted molar refractivity (Wildman–Crippen MR) is 124 cm³/mol. The van der Waals surface area contributed by atoms with Crippen molar-refractivity contribution in [2.45, 2.75) is 6.67 Å². The average Bonchev–Trinajstić information content (AvgIpc) is 3.22. The molecular weight excluding hydrogens is 386 g/mol. The summed E-state index contributed by atoms with van der Waals surface area (Å²) < 4.78 is 2.29. The number of nitrogens with two attached hydrogens (primary N) is 1. The van der Waals surface area contributed by atoms with Gasteiger partial charge in [-0.25, -0.2) is 0 Å². The topological polar surface area (TPSA) is 67.4 Å². The molecule has 0 atom stereocenters. The molecule has 1 aliphatic heterocycles. The van der Waals surface area contributed by atoms with Crippen molar-refractivity contribution in [3.8, 4) is 11.1 Å². The Morgan fingerprint density at radius 3 is 2.48 bits per heavy atom. The maximum absolute atomic E-state index is 11.8. The van der Waals surface area contributed by atoms with Crippen LogP contribution in [0.25, 0.3) is 22.0 Å². The molecular formula is C25H25N5O. The van der Waals surface area contributed by atoms with E-state index in [4.69, 9.17) is 5.73 Å². The van der Waals surface area contributed by atoms with Gasteiger partial charge in [0.2, 0.25) is 5.91 Å². The highest BCUT2D eigenvalue weighted by atomic mass is 16.1. The first-order chi connectivity index (χ1) is 15.2. The minimum atomic E-state index is -0.404. The highest BCUT2D eigenvalue weighted by Crippen LogP contribution is 2.28.